The van der Waals surface area contributed by atoms with E-state index in [1.54, 1.807) is 14.2 Å². The fourth-order valence-electron chi connectivity index (χ4n) is 9.12. The van der Waals surface area contributed by atoms with E-state index in [-0.39, 0.29) is 11.8 Å². The minimum atomic E-state index is -0.950. The lowest BCUT2D eigenvalue weighted by atomic mass is 9.74. The van der Waals surface area contributed by atoms with Crippen molar-refractivity contribution in [3.05, 3.63) is 142 Å². The van der Waals surface area contributed by atoms with E-state index < -0.39 is 11.2 Å². The molecule has 6 rings (SSSR count). The highest BCUT2D eigenvalue weighted by Crippen LogP contribution is 2.46. The van der Waals surface area contributed by atoms with Crippen molar-refractivity contribution in [1.29, 1.82) is 0 Å². The van der Waals surface area contributed by atoms with Gasteiger partial charge in [0.25, 0.3) is 0 Å². The van der Waals surface area contributed by atoms with E-state index in [1.807, 2.05) is 24.3 Å². The van der Waals surface area contributed by atoms with Gasteiger partial charge in [-0.1, -0.05) is 109 Å². The molecule has 2 aliphatic rings. The first-order chi connectivity index (χ1) is 27.9. The molecule has 2 N–H and O–H groups in total. The van der Waals surface area contributed by atoms with Crippen LogP contribution in [0.3, 0.4) is 0 Å². The predicted molar refractivity (Wildman–Crippen MR) is 242 cm³/mol. The molecule has 4 aromatic rings. The number of hydrogen-bond donors (Lipinski definition) is 2. The van der Waals surface area contributed by atoms with Crippen molar-refractivity contribution in [1.82, 2.24) is 9.80 Å². The van der Waals surface area contributed by atoms with Gasteiger partial charge in [-0.2, -0.15) is 0 Å². The number of benzene rings is 4. The maximum Gasteiger partial charge on any atom is 0.118 e. The van der Waals surface area contributed by atoms with Crippen molar-refractivity contribution >= 4 is 12.2 Å². The van der Waals surface area contributed by atoms with Gasteiger partial charge in [0.1, 0.15) is 17.1 Å². The Hall–Kier alpha value is -4.20. The quantitative estimate of drug-likeness (QED) is 0.132. The first kappa shape index (κ1) is 44.9. The van der Waals surface area contributed by atoms with Gasteiger partial charge in [-0.05, 0) is 151 Å². The van der Waals surface area contributed by atoms with Gasteiger partial charge in [0, 0.05) is 24.9 Å². The number of ether oxygens (including phenoxy) is 2. The second-order valence-electron chi connectivity index (χ2n) is 17.2. The molecule has 0 amide bonds. The number of hydrogen-bond acceptors (Lipinski definition) is 6. The smallest absolute Gasteiger partial charge is 0.118 e. The molecule has 0 aliphatic heterocycles. The summed E-state index contributed by atoms with van der Waals surface area (Å²) in [5, 5.41) is 24.4. The van der Waals surface area contributed by atoms with Crippen molar-refractivity contribution in [2.24, 2.45) is 11.8 Å². The van der Waals surface area contributed by atoms with Crippen molar-refractivity contribution in [3.63, 3.8) is 0 Å². The molecular formula is C52H70N2O4. The van der Waals surface area contributed by atoms with Crippen LogP contribution in [0.2, 0.25) is 0 Å². The van der Waals surface area contributed by atoms with Crippen LogP contribution in [0.4, 0.5) is 0 Å². The fourth-order valence-corrected chi connectivity index (χ4v) is 9.12. The monoisotopic (exact) mass is 787 g/mol. The molecule has 6 heteroatoms. The van der Waals surface area contributed by atoms with Crippen LogP contribution < -0.4 is 9.47 Å². The van der Waals surface area contributed by atoms with Crippen LogP contribution in [0.25, 0.3) is 12.2 Å². The zero-order valence-electron chi connectivity index (χ0n) is 36.4. The van der Waals surface area contributed by atoms with E-state index in [2.05, 4.69) is 136 Å². The van der Waals surface area contributed by atoms with Gasteiger partial charge in [-0.25, -0.2) is 0 Å². The minimum Gasteiger partial charge on any atom is -0.497 e. The second-order valence-corrected chi connectivity index (χ2v) is 17.2. The molecule has 312 valence electrons. The SMILES string of the molecule is COc1ccc(C=C2CCCCC(CN(C)C)C2(O)CCCc2ccccc2)cc1.COc1ccc(C=C2CCCCC(CN(C)C)C2(O)c2ccc(C)cc2)cc1. The van der Waals surface area contributed by atoms with Gasteiger partial charge >= 0.3 is 0 Å². The van der Waals surface area contributed by atoms with Gasteiger partial charge < -0.3 is 29.5 Å². The predicted octanol–water partition coefficient (Wildman–Crippen LogP) is 10.6. The lowest BCUT2D eigenvalue weighted by Gasteiger charge is -2.39. The van der Waals surface area contributed by atoms with Gasteiger partial charge in [0.05, 0.1) is 19.8 Å². The third-order valence-electron chi connectivity index (χ3n) is 12.3. The summed E-state index contributed by atoms with van der Waals surface area (Å²) in [5.41, 5.74) is 6.42. The van der Waals surface area contributed by atoms with Crippen LogP contribution in [-0.2, 0) is 12.0 Å². The fraction of sp³-hybridized carbons (Fsp3) is 0.462. The first-order valence-corrected chi connectivity index (χ1v) is 21.5. The normalized spacial score (nSPS) is 23.9. The molecule has 0 aromatic heterocycles. The van der Waals surface area contributed by atoms with Crippen molar-refractivity contribution in [2.75, 3.05) is 55.5 Å². The van der Waals surface area contributed by atoms with Gasteiger partial charge in [-0.15, -0.1) is 0 Å². The van der Waals surface area contributed by atoms with Gasteiger partial charge in [0.2, 0.25) is 0 Å². The third-order valence-corrected chi connectivity index (χ3v) is 12.3. The summed E-state index contributed by atoms with van der Waals surface area (Å²) in [6.07, 6.45) is 15.8. The molecule has 4 unspecified atom stereocenters. The Morgan fingerprint density at radius 2 is 1.12 bits per heavy atom. The van der Waals surface area contributed by atoms with Crippen LogP contribution >= 0.6 is 0 Å². The van der Waals surface area contributed by atoms with Crippen LogP contribution in [0.15, 0.2) is 114 Å². The van der Waals surface area contributed by atoms with E-state index in [9.17, 15) is 10.2 Å². The molecule has 4 aromatic carbocycles. The molecule has 0 spiro atoms. The average molecular weight is 787 g/mol. The van der Waals surface area contributed by atoms with E-state index in [0.717, 1.165) is 111 Å². The van der Waals surface area contributed by atoms with E-state index in [1.165, 1.54) is 23.1 Å². The van der Waals surface area contributed by atoms with Crippen molar-refractivity contribution in [2.45, 2.75) is 88.8 Å². The highest BCUT2D eigenvalue weighted by Gasteiger charge is 2.43. The molecule has 2 saturated carbocycles. The number of rotatable bonds is 13. The molecule has 0 heterocycles. The standard InChI is InChI=1S/C27H37NO2.C25H33NO2/c1-28(2)21-25-14-8-7-13-24(20-23-15-17-26(30-3)18-16-23)27(25,29)19-9-12-22-10-5-4-6-11-22;1-19-9-13-21(14-10-19)25(27)22(7-5-6-8-23(25)18-26(2)3)17-20-11-15-24(28-4)16-12-20/h4-6,10-11,15-18,20,25,29H,7-9,12-14,19,21H2,1-3H3;9-17,23,27H,5-8,18H2,1-4H3. The highest BCUT2D eigenvalue weighted by molar-refractivity contribution is 5.58. The Bertz CT molecular complexity index is 1870. The number of aryl methyl sites for hydroxylation is 2. The molecule has 0 saturated heterocycles. The van der Waals surface area contributed by atoms with Gasteiger partial charge in [0.15, 0.2) is 0 Å². The summed E-state index contributed by atoms with van der Waals surface area (Å²) >= 11 is 0. The summed E-state index contributed by atoms with van der Waals surface area (Å²) in [6.45, 7) is 3.87. The lowest BCUT2D eigenvalue weighted by molar-refractivity contribution is -0.00392. The second kappa shape index (κ2) is 21.7. The molecule has 58 heavy (non-hydrogen) atoms. The maximum atomic E-state index is 12.2. The Morgan fingerprint density at radius 1 is 0.621 bits per heavy atom. The summed E-state index contributed by atoms with van der Waals surface area (Å²) < 4.78 is 10.6. The largest absolute Gasteiger partial charge is 0.497 e. The zero-order chi connectivity index (χ0) is 41.5. The van der Waals surface area contributed by atoms with E-state index >= 15 is 0 Å². The van der Waals surface area contributed by atoms with Crippen molar-refractivity contribution in [3.8, 4) is 11.5 Å². The molecular weight excluding hydrogens is 717 g/mol. The number of aliphatic hydroxyl groups is 2. The molecule has 0 radical (unpaired) electrons. The molecule has 2 aliphatic carbocycles. The third kappa shape index (κ3) is 12.2. The van der Waals surface area contributed by atoms with Crippen molar-refractivity contribution < 1.29 is 19.7 Å². The van der Waals surface area contributed by atoms with E-state index in [0.29, 0.717) is 0 Å². The molecule has 6 nitrogen and oxygen atoms in total. The average Bonchev–Trinajstić information content (AvgIpc) is 3.46. The highest BCUT2D eigenvalue weighted by atomic mass is 16.5. The Morgan fingerprint density at radius 3 is 1.66 bits per heavy atom. The Labute approximate surface area is 350 Å². The Kier molecular flexibility index (Phi) is 16.8. The molecule has 0 bridgehead atoms. The van der Waals surface area contributed by atoms with Crippen LogP contribution in [0.1, 0.15) is 92.0 Å². The van der Waals surface area contributed by atoms with Crippen LogP contribution in [0, 0.1) is 18.8 Å². The summed E-state index contributed by atoms with van der Waals surface area (Å²) in [5.74, 6) is 2.14. The molecule has 2 fully saturated rings. The Balaban J connectivity index is 0.000000221. The van der Waals surface area contributed by atoms with Crippen LogP contribution in [-0.4, -0.2) is 81.1 Å². The van der Waals surface area contributed by atoms with E-state index in [4.69, 9.17) is 9.47 Å². The van der Waals surface area contributed by atoms with Crippen LogP contribution in [0.5, 0.6) is 11.5 Å². The summed E-state index contributed by atoms with van der Waals surface area (Å²) in [6, 6.07) is 35.3. The number of methoxy groups -OCH3 is 2. The lowest BCUT2D eigenvalue weighted by Crippen LogP contribution is -2.44. The maximum absolute atomic E-state index is 12.2. The number of nitrogens with zero attached hydrogens (tertiary/aromatic N) is 2. The van der Waals surface area contributed by atoms with Gasteiger partial charge in [-0.3, -0.25) is 0 Å². The zero-order valence-corrected chi connectivity index (χ0v) is 36.4. The topological polar surface area (TPSA) is 65.4 Å². The summed E-state index contributed by atoms with van der Waals surface area (Å²) in [4.78, 5) is 4.42. The summed E-state index contributed by atoms with van der Waals surface area (Å²) in [7, 11) is 11.8. The molecule has 4 atom stereocenters. The first-order valence-electron chi connectivity index (χ1n) is 21.5. The minimum absolute atomic E-state index is 0.164.